The van der Waals surface area contributed by atoms with Crippen LogP contribution in [0.25, 0.3) is 10.8 Å². The number of rotatable bonds is 12. The van der Waals surface area contributed by atoms with Crippen LogP contribution in [-0.2, 0) is 29.1 Å². The molecule has 5 atom stereocenters. The van der Waals surface area contributed by atoms with E-state index in [2.05, 4.69) is 31.7 Å². The Hall–Kier alpha value is -4.61. The van der Waals surface area contributed by atoms with Crippen LogP contribution < -0.4 is 24.8 Å². The van der Waals surface area contributed by atoms with E-state index in [4.69, 9.17) is 9.47 Å². The summed E-state index contributed by atoms with van der Waals surface area (Å²) < 4.78 is 84.2. The van der Waals surface area contributed by atoms with Crippen molar-refractivity contribution in [1.29, 1.82) is 0 Å². The van der Waals surface area contributed by atoms with Crippen LogP contribution in [0.15, 0.2) is 43.1 Å². The van der Waals surface area contributed by atoms with E-state index in [0.717, 1.165) is 10.3 Å². The van der Waals surface area contributed by atoms with Crippen LogP contribution in [0.3, 0.4) is 0 Å². The maximum Gasteiger partial charge on any atom is 0.427 e. The fraction of sp³-hybridized carbons (Fsp3) is 0.571. The molecule has 2 aliphatic carbocycles. The number of aromatic nitrogens is 1. The number of pyridine rings is 1. The van der Waals surface area contributed by atoms with Gasteiger partial charge in [-0.2, -0.15) is 13.2 Å². The number of sulfonamides is 1. The normalized spacial score (nSPS) is 23.8. The minimum atomic E-state index is -4.92. The average molecular weight is 768 g/mol. The largest absolute Gasteiger partial charge is 0.497 e. The number of hydrogen-bond donors (Lipinski definition) is 3. The van der Waals surface area contributed by atoms with Gasteiger partial charge >= 0.3 is 12.3 Å². The van der Waals surface area contributed by atoms with Crippen molar-refractivity contribution in [2.45, 2.75) is 101 Å². The lowest BCUT2D eigenvalue weighted by atomic mass is 9.85. The Morgan fingerprint density at radius 3 is 2.34 bits per heavy atom. The second-order valence-corrected chi connectivity index (χ2v) is 17.2. The summed E-state index contributed by atoms with van der Waals surface area (Å²) in [6, 6.07) is 4.10. The number of halogens is 3. The molecule has 3 N–H and O–H groups in total. The molecule has 5 rings (SSSR count). The first-order valence-corrected chi connectivity index (χ1v) is 18.5. The zero-order valence-electron chi connectivity index (χ0n) is 30.2. The first-order chi connectivity index (χ1) is 24.5. The van der Waals surface area contributed by atoms with E-state index >= 15 is 0 Å². The first kappa shape index (κ1) is 39.6. The van der Waals surface area contributed by atoms with Gasteiger partial charge in [-0.25, -0.2) is 18.2 Å². The van der Waals surface area contributed by atoms with Gasteiger partial charge in [0.05, 0.1) is 18.9 Å². The lowest BCUT2D eigenvalue weighted by Gasteiger charge is -2.36. The summed E-state index contributed by atoms with van der Waals surface area (Å²) in [7, 11) is -2.46. The third-order valence-corrected chi connectivity index (χ3v) is 11.5. The number of nitrogens with one attached hydrogen (secondary N) is 3. The lowest BCUT2D eigenvalue weighted by molar-refractivity contribution is -0.244. The molecule has 2 saturated carbocycles. The van der Waals surface area contributed by atoms with E-state index in [1.165, 1.54) is 19.4 Å². The summed E-state index contributed by atoms with van der Waals surface area (Å²) in [4.78, 5) is 60.3. The van der Waals surface area contributed by atoms with Gasteiger partial charge in [0.2, 0.25) is 33.3 Å². The van der Waals surface area contributed by atoms with Gasteiger partial charge in [0.25, 0.3) is 5.91 Å². The number of methoxy groups -OCH3 is 1. The van der Waals surface area contributed by atoms with Crippen LogP contribution in [0.1, 0.15) is 60.3 Å². The number of nitrogens with zero attached hydrogens (tertiary/aromatic N) is 2. The number of benzene rings is 1. The number of fused-ring (bicyclic) bond motifs is 1. The Morgan fingerprint density at radius 1 is 1.09 bits per heavy atom. The third-order valence-electron chi connectivity index (χ3n) is 9.72. The van der Waals surface area contributed by atoms with Crippen LogP contribution in [0.4, 0.5) is 18.0 Å². The molecule has 290 valence electrons. The van der Waals surface area contributed by atoms with Crippen LogP contribution in [0, 0.1) is 11.3 Å². The summed E-state index contributed by atoms with van der Waals surface area (Å²) in [6.45, 7) is 9.49. The molecule has 4 amide bonds. The number of alkyl carbamates (subject to hydrolysis) is 1. The molecule has 1 saturated heterocycles. The van der Waals surface area contributed by atoms with Gasteiger partial charge in [-0.15, -0.1) is 6.58 Å². The van der Waals surface area contributed by atoms with Gasteiger partial charge in [-0.05, 0) is 68.2 Å². The van der Waals surface area contributed by atoms with E-state index in [-0.39, 0.29) is 25.3 Å². The molecule has 0 radical (unpaired) electrons. The molecule has 5 unspecified atom stereocenters. The van der Waals surface area contributed by atoms with Crippen molar-refractivity contribution in [1.82, 2.24) is 25.2 Å². The second kappa shape index (κ2) is 14.0. The average Bonchev–Trinajstić information content (AvgIpc) is 3.98. The first-order valence-electron chi connectivity index (χ1n) is 17.0. The predicted molar refractivity (Wildman–Crippen MR) is 185 cm³/mol. The Labute approximate surface area is 305 Å². The fourth-order valence-corrected chi connectivity index (χ4v) is 7.52. The summed E-state index contributed by atoms with van der Waals surface area (Å²) in [5.41, 5.74) is -5.67. The van der Waals surface area contributed by atoms with E-state index in [1.807, 2.05) is 0 Å². The molecule has 3 aliphatic rings. The van der Waals surface area contributed by atoms with Crippen molar-refractivity contribution in [3.05, 3.63) is 43.1 Å². The zero-order valence-corrected chi connectivity index (χ0v) is 31.0. The molecule has 1 aromatic carbocycles. The highest BCUT2D eigenvalue weighted by molar-refractivity contribution is 7.91. The minimum absolute atomic E-state index is 0.0469. The SMILES string of the molecule is C=CC1CC1(NC(=O)C1CC(Oc2nccc3cc(OC)ccc23)CN1C(=O)C(NC(=O)OC(C)(C)C(F)(F)F)C(C)(C)C)C(=O)NS(=O)(=O)C1CC1. The lowest BCUT2D eigenvalue weighted by Crippen LogP contribution is -2.60. The highest BCUT2D eigenvalue weighted by atomic mass is 32.2. The van der Waals surface area contributed by atoms with Crippen molar-refractivity contribution in [3.8, 4) is 11.6 Å². The molecule has 14 nitrogen and oxygen atoms in total. The Balaban J connectivity index is 1.45. The Morgan fingerprint density at radius 2 is 1.77 bits per heavy atom. The highest BCUT2D eigenvalue weighted by Crippen LogP contribution is 2.46. The number of amides is 4. The Kier molecular flexibility index (Phi) is 10.4. The standard InChI is InChI=1S/C35H44F3N5O9S/c1-8-20-17-34(20,30(46)42-53(48,49)23-10-11-23)41-27(44)25-16-22(51-28-24-12-9-21(50-7)15-19(24)13-14-39-28)18-43(25)29(45)26(32(2,3)4)40-31(47)52-33(5,6)35(36,37)38/h8-9,12-15,20,22-23,25-26H,1,10-11,16-18H2,2-7H3,(H,40,47)(H,41,44)(H,42,46). The van der Waals surface area contributed by atoms with Gasteiger partial charge in [-0.3, -0.25) is 19.1 Å². The number of hydrogen-bond acceptors (Lipinski definition) is 10. The molecule has 2 aromatic rings. The van der Waals surface area contributed by atoms with E-state index in [1.54, 1.807) is 45.0 Å². The molecular formula is C35H44F3N5O9S. The third kappa shape index (κ3) is 8.31. The fourth-order valence-electron chi connectivity index (χ4n) is 6.15. The highest BCUT2D eigenvalue weighted by Gasteiger charge is 2.62. The molecule has 0 bridgehead atoms. The van der Waals surface area contributed by atoms with E-state index < -0.39 is 85.9 Å². The van der Waals surface area contributed by atoms with Crippen molar-refractivity contribution < 1.29 is 55.0 Å². The van der Waals surface area contributed by atoms with Gasteiger partial charge in [0.1, 0.15) is 29.5 Å². The van der Waals surface area contributed by atoms with Gasteiger partial charge in [-0.1, -0.05) is 26.8 Å². The monoisotopic (exact) mass is 767 g/mol. The summed E-state index contributed by atoms with van der Waals surface area (Å²) in [5.74, 6) is -2.45. The molecule has 1 aromatic heterocycles. The van der Waals surface area contributed by atoms with Crippen molar-refractivity contribution in [2.75, 3.05) is 13.7 Å². The van der Waals surface area contributed by atoms with Crippen molar-refractivity contribution in [2.24, 2.45) is 11.3 Å². The van der Waals surface area contributed by atoms with Crippen molar-refractivity contribution in [3.63, 3.8) is 0 Å². The second-order valence-electron chi connectivity index (χ2n) is 15.2. The van der Waals surface area contributed by atoms with Gasteiger partial charge in [0.15, 0.2) is 0 Å². The minimum Gasteiger partial charge on any atom is -0.497 e. The van der Waals surface area contributed by atoms with Gasteiger partial charge in [0, 0.05) is 23.9 Å². The van der Waals surface area contributed by atoms with Crippen LogP contribution >= 0.6 is 0 Å². The van der Waals surface area contributed by atoms with Gasteiger partial charge < -0.3 is 29.7 Å². The predicted octanol–water partition coefficient (Wildman–Crippen LogP) is 3.74. The quantitative estimate of drug-likeness (QED) is 0.269. The number of ether oxygens (including phenoxy) is 3. The molecule has 0 spiro atoms. The maximum atomic E-state index is 14.4. The molecule has 18 heteroatoms. The number of likely N-dealkylation sites (tertiary alicyclic amines) is 1. The maximum absolute atomic E-state index is 14.4. The zero-order chi connectivity index (χ0) is 39.3. The Bertz CT molecular complexity index is 1910. The van der Waals surface area contributed by atoms with E-state index in [9.17, 15) is 40.8 Å². The number of alkyl halides is 3. The number of carbonyl (C=O) groups excluding carboxylic acids is 4. The molecule has 53 heavy (non-hydrogen) atoms. The van der Waals surface area contributed by atoms with Crippen molar-refractivity contribution >= 4 is 44.6 Å². The molecule has 2 heterocycles. The van der Waals surface area contributed by atoms with Crippen LogP contribution in [0.5, 0.6) is 11.6 Å². The molecular weight excluding hydrogens is 723 g/mol. The summed E-state index contributed by atoms with van der Waals surface area (Å²) >= 11 is 0. The summed E-state index contributed by atoms with van der Waals surface area (Å²) in [5, 5.41) is 5.55. The molecule has 3 fully saturated rings. The van der Waals surface area contributed by atoms with Crippen LogP contribution in [0.2, 0.25) is 0 Å². The number of carbonyl (C=O) groups is 4. The smallest absolute Gasteiger partial charge is 0.427 e. The molecule has 1 aliphatic heterocycles. The summed E-state index contributed by atoms with van der Waals surface area (Å²) in [6.07, 6.45) is -3.66. The van der Waals surface area contributed by atoms with Crippen LogP contribution in [-0.4, -0.2) is 96.5 Å². The topological polar surface area (TPSA) is 182 Å². The van der Waals surface area contributed by atoms with E-state index in [0.29, 0.717) is 37.8 Å².